The van der Waals surface area contributed by atoms with Crippen molar-refractivity contribution in [1.29, 1.82) is 0 Å². The number of carbonyl (C=O) groups is 1. The van der Waals surface area contributed by atoms with Gasteiger partial charge in [-0.05, 0) is 18.8 Å². The van der Waals surface area contributed by atoms with Crippen LogP contribution in [0.15, 0.2) is 0 Å². The molecule has 58 valence electrons. The van der Waals surface area contributed by atoms with Crippen molar-refractivity contribution in [2.24, 2.45) is 11.8 Å². The fourth-order valence-corrected chi connectivity index (χ4v) is 1.45. The topological polar surface area (TPSA) is 37.3 Å². The Morgan fingerprint density at radius 1 is 1.60 bits per heavy atom. The van der Waals surface area contributed by atoms with Crippen molar-refractivity contribution in [3.05, 3.63) is 0 Å². The largest absolute Gasteiger partial charge is 0.396 e. The van der Waals surface area contributed by atoms with E-state index in [9.17, 15) is 4.79 Å². The Kier molecular flexibility index (Phi) is 2.44. The van der Waals surface area contributed by atoms with Gasteiger partial charge in [0.2, 0.25) is 0 Å². The van der Waals surface area contributed by atoms with Gasteiger partial charge in [-0.1, -0.05) is 6.92 Å². The van der Waals surface area contributed by atoms with Gasteiger partial charge in [-0.2, -0.15) is 0 Å². The molecular formula is C8H14O2. The molecular weight excluding hydrogens is 128 g/mol. The van der Waals surface area contributed by atoms with Gasteiger partial charge < -0.3 is 5.11 Å². The van der Waals surface area contributed by atoms with Crippen LogP contribution in [0, 0.1) is 11.8 Å². The van der Waals surface area contributed by atoms with E-state index in [0.717, 1.165) is 12.8 Å². The highest BCUT2D eigenvalue weighted by Gasteiger charge is 2.24. The third-order valence-electron chi connectivity index (χ3n) is 2.23. The van der Waals surface area contributed by atoms with E-state index < -0.39 is 0 Å². The zero-order chi connectivity index (χ0) is 7.56. The molecule has 0 saturated heterocycles. The summed E-state index contributed by atoms with van der Waals surface area (Å²) in [5.74, 6) is 0.743. The second-order valence-corrected chi connectivity index (χ2v) is 3.23. The molecule has 0 aliphatic heterocycles. The van der Waals surface area contributed by atoms with Crippen LogP contribution in [0.2, 0.25) is 0 Å². The van der Waals surface area contributed by atoms with Gasteiger partial charge in [0.15, 0.2) is 0 Å². The summed E-state index contributed by atoms with van der Waals surface area (Å²) in [6, 6.07) is 0. The standard InChI is InChI=1S/C8H14O2/c1-6-2-3-7(5-9)8(10)4-6/h6-7,9H,2-5H2,1H3/t6-,7+/m0/s1. The molecule has 0 bridgehead atoms. The molecule has 1 N–H and O–H groups in total. The van der Waals surface area contributed by atoms with Crippen LogP contribution >= 0.6 is 0 Å². The second-order valence-electron chi connectivity index (χ2n) is 3.23. The van der Waals surface area contributed by atoms with Crippen LogP contribution in [-0.2, 0) is 4.79 Å². The Morgan fingerprint density at radius 2 is 2.30 bits per heavy atom. The van der Waals surface area contributed by atoms with Crippen LogP contribution < -0.4 is 0 Å². The van der Waals surface area contributed by atoms with Crippen LogP contribution in [0.4, 0.5) is 0 Å². The second kappa shape index (κ2) is 3.15. The summed E-state index contributed by atoms with van der Waals surface area (Å²) in [6.07, 6.45) is 2.65. The van der Waals surface area contributed by atoms with Crippen LogP contribution in [-0.4, -0.2) is 17.5 Å². The lowest BCUT2D eigenvalue weighted by Gasteiger charge is -2.22. The Hall–Kier alpha value is -0.370. The minimum atomic E-state index is -0.0452. The molecule has 0 aromatic rings. The molecule has 1 saturated carbocycles. The highest BCUT2D eigenvalue weighted by Crippen LogP contribution is 2.24. The molecule has 1 aliphatic carbocycles. The zero-order valence-electron chi connectivity index (χ0n) is 6.34. The summed E-state index contributed by atoms with van der Waals surface area (Å²) in [7, 11) is 0. The number of aliphatic hydroxyl groups excluding tert-OH is 1. The minimum absolute atomic E-state index is 0.0452. The fraction of sp³-hybridized carbons (Fsp3) is 0.875. The van der Waals surface area contributed by atoms with E-state index in [-0.39, 0.29) is 18.3 Å². The van der Waals surface area contributed by atoms with Gasteiger partial charge in [0.1, 0.15) is 5.78 Å². The van der Waals surface area contributed by atoms with Crippen molar-refractivity contribution in [3.63, 3.8) is 0 Å². The maximum atomic E-state index is 11.1. The van der Waals surface area contributed by atoms with Gasteiger partial charge in [-0.25, -0.2) is 0 Å². The average Bonchev–Trinajstić information content (AvgIpc) is 1.88. The maximum absolute atomic E-state index is 11.1. The zero-order valence-corrected chi connectivity index (χ0v) is 6.34. The first-order valence-corrected chi connectivity index (χ1v) is 3.87. The number of carbonyl (C=O) groups excluding carboxylic acids is 1. The molecule has 2 atom stereocenters. The van der Waals surface area contributed by atoms with Crippen molar-refractivity contribution in [2.75, 3.05) is 6.61 Å². The van der Waals surface area contributed by atoms with E-state index >= 15 is 0 Å². The molecule has 1 aliphatic rings. The lowest BCUT2D eigenvalue weighted by Crippen LogP contribution is -2.26. The SMILES string of the molecule is C[C@H]1CC[C@H](CO)C(=O)C1. The van der Waals surface area contributed by atoms with Gasteiger partial charge >= 0.3 is 0 Å². The molecule has 0 radical (unpaired) electrons. The minimum Gasteiger partial charge on any atom is -0.396 e. The van der Waals surface area contributed by atoms with Gasteiger partial charge in [-0.3, -0.25) is 4.79 Å². The van der Waals surface area contributed by atoms with Gasteiger partial charge in [0.05, 0.1) is 6.61 Å². The molecule has 10 heavy (non-hydrogen) atoms. The Bertz CT molecular complexity index is 131. The lowest BCUT2D eigenvalue weighted by atomic mass is 9.82. The van der Waals surface area contributed by atoms with Crippen LogP contribution in [0.1, 0.15) is 26.2 Å². The number of aliphatic hydroxyl groups is 1. The first-order chi connectivity index (χ1) is 4.74. The number of hydrogen-bond acceptors (Lipinski definition) is 2. The number of ketones is 1. The predicted molar refractivity (Wildman–Crippen MR) is 38.6 cm³/mol. The Morgan fingerprint density at radius 3 is 2.80 bits per heavy atom. The summed E-state index contributed by atoms with van der Waals surface area (Å²) < 4.78 is 0. The van der Waals surface area contributed by atoms with Crippen molar-refractivity contribution in [1.82, 2.24) is 0 Å². The molecule has 1 rings (SSSR count). The van der Waals surface area contributed by atoms with E-state index in [0.29, 0.717) is 12.3 Å². The first-order valence-electron chi connectivity index (χ1n) is 3.87. The van der Waals surface area contributed by atoms with Crippen LogP contribution in [0.3, 0.4) is 0 Å². The third-order valence-corrected chi connectivity index (χ3v) is 2.23. The normalized spacial score (nSPS) is 34.4. The monoisotopic (exact) mass is 142 g/mol. The molecule has 0 aromatic carbocycles. The number of rotatable bonds is 1. The molecule has 0 spiro atoms. The highest BCUT2D eigenvalue weighted by molar-refractivity contribution is 5.81. The molecule has 2 heteroatoms. The summed E-state index contributed by atoms with van der Waals surface area (Å²) in [6.45, 7) is 2.14. The predicted octanol–water partition coefficient (Wildman–Crippen LogP) is 0.984. The van der Waals surface area contributed by atoms with Gasteiger partial charge in [0.25, 0.3) is 0 Å². The smallest absolute Gasteiger partial charge is 0.138 e. The number of Topliss-reactive ketones (excluding diaryl/α,β-unsaturated/α-hetero) is 1. The lowest BCUT2D eigenvalue weighted by molar-refractivity contribution is -0.127. The molecule has 0 unspecified atom stereocenters. The summed E-state index contributed by atoms with van der Waals surface area (Å²) in [5, 5.41) is 8.73. The van der Waals surface area contributed by atoms with E-state index in [2.05, 4.69) is 6.92 Å². The number of hydrogen-bond donors (Lipinski definition) is 1. The summed E-state index contributed by atoms with van der Waals surface area (Å²) in [5.41, 5.74) is 0. The van der Waals surface area contributed by atoms with Crippen molar-refractivity contribution in [2.45, 2.75) is 26.2 Å². The first kappa shape index (κ1) is 7.73. The van der Waals surface area contributed by atoms with Gasteiger partial charge in [-0.15, -0.1) is 0 Å². The highest BCUT2D eigenvalue weighted by atomic mass is 16.3. The molecule has 2 nitrogen and oxygen atoms in total. The van der Waals surface area contributed by atoms with E-state index in [1.54, 1.807) is 0 Å². The molecule has 1 fully saturated rings. The van der Waals surface area contributed by atoms with E-state index in [1.165, 1.54) is 0 Å². The van der Waals surface area contributed by atoms with E-state index in [4.69, 9.17) is 5.11 Å². The van der Waals surface area contributed by atoms with Crippen molar-refractivity contribution >= 4 is 5.78 Å². The molecule has 0 amide bonds. The third kappa shape index (κ3) is 1.57. The quantitative estimate of drug-likeness (QED) is 0.592. The Balaban J connectivity index is 2.43. The molecule has 0 heterocycles. The van der Waals surface area contributed by atoms with Crippen LogP contribution in [0.25, 0.3) is 0 Å². The average molecular weight is 142 g/mol. The maximum Gasteiger partial charge on any atom is 0.138 e. The van der Waals surface area contributed by atoms with E-state index in [1.807, 2.05) is 0 Å². The van der Waals surface area contributed by atoms with Crippen molar-refractivity contribution < 1.29 is 9.90 Å². The summed E-state index contributed by atoms with van der Waals surface area (Å²) in [4.78, 5) is 11.1. The fourth-order valence-electron chi connectivity index (χ4n) is 1.45. The molecule has 0 aromatic heterocycles. The Labute approximate surface area is 61.2 Å². The van der Waals surface area contributed by atoms with Crippen molar-refractivity contribution in [3.8, 4) is 0 Å². The summed E-state index contributed by atoms with van der Waals surface area (Å²) >= 11 is 0. The van der Waals surface area contributed by atoms with Gasteiger partial charge in [0, 0.05) is 12.3 Å². The van der Waals surface area contributed by atoms with Crippen LogP contribution in [0.5, 0.6) is 0 Å².